The SMILES string of the molecule is Cc1ccc(OCc2nnc(N)n2C)cc1. The average molecular weight is 218 g/mol. The van der Waals surface area contributed by atoms with Crippen LogP contribution in [0.4, 0.5) is 5.95 Å². The monoisotopic (exact) mass is 218 g/mol. The van der Waals surface area contributed by atoms with Gasteiger partial charge in [-0.2, -0.15) is 0 Å². The Balaban J connectivity index is 2.02. The van der Waals surface area contributed by atoms with Crippen LogP contribution in [0.3, 0.4) is 0 Å². The number of nitrogens with zero attached hydrogens (tertiary/aromatic N) is 3. The summed E-state index contributed by atoms with van der Waals surface area (Å²) in [6.45, 7) is 2.40. The summed E-state index contributed by atoms with van der Waals surface area (Å²) >= 11 is 0. The third-order valence-corrected chi connectivity index (χ3v) is 2.39. The van der Waals surface area contributed by atoms with Gasteiger partial charge in [-0.05, 0) is 19.1 Å². The van der Waals surface area contributed by atoms with Gasteiger partial charge in [0.05, 0.1) is 0 Å². The van der Waals surface area contributed by atoms with Crippen LogP contribution in [-0.2, 0) is 13.7 Å². The third-order valence-electron chi connectivity index (χ3n) is 2.39. The van der Waals surface area contributed by atoms with Gasteiger partial charge in [0.2, 0.25) is 5.95 Å². The van der Waals surface area contributed by atoms with E-state index in [0.29, 0.717) is 18.4 Å². The number of aryl methyl sites for hydroxylation is 1. The first-order valence-corrected chi connectivity index (χ1v) is 5.00. The quantitative estimate of drug-likeness (QED) is 0.842. The molecule has 0 bridgehead atoms. The number of anilines is 1. The maximum Gasteiger partial charge on any atom is 0.221 e. The normalized spacial score (nSPS) is 10.4. The van der Waals surface area contributed by atoms with Crippen molar-refractivity contribution in [3.63, 3.8) is 0 Å². The molecule has 0 unspecified atom stereocenters. The van der Waals surface area contributed by atoms with E-state index in [-0.39, 0.29) is 0 Å². The van der Waals surface area contributed by atoms with Gasteiger partial charge >= 0.3 is 0 Å². The molecule has 2 aromatic rings. The highest BCUT2D eigenvalue weighted by Crippen LogP contribution is 2.13. The largest absolute Gasteiger partial charge is 0.486 e. The number of ether oxygens (including phenoxy) is 1. The molecule has 1 aromatic heterocycles. The highest BCUT2D eigenvalue weighted by Gasteiger charge is 2.05. The van der Waals surface area contributed by atoms with Gasteiger partial charge in [0.25, 0.3) is 0 Å². The molecule has 5 heteroatoms. The van der Waals surface area contributed by atoms with Gasteiger partial charge in [-0.1, -0.05) is 17.7 Å². The first kappa shape index (κ1) is 10.5. The van der Waals surface area contributed by atoms with Crippen LogP contribution in [0.15, 0.2) is 24.3 Å². The van der Waals surface area contributed by atoms with E-state index >= 15 is 0 Å². The number of nitrogens with two attached hydrogens (primary N) is 1. The molecule has 0 spiro atoms. The molecule has 16 heavy (non-hydrogen) atoms. The van der Waals surface area contributed by atoms with Crippen molar-refractivity contribution in [1.82, 2.24) is 14.8 Å². The lowest BCUT2D eigenvalue weighted by Crippen LogP contribution is -2.05. The van der Waals surface area contributed by atoms with Crippen molar-refractivity contribution in [2.24, 2.45) is 7.05 Å². The molecule has 2 N–H and O–H groups in total. The van der Waals surface area contributed by atoms with E-state index in [1.54, 1.807) is 4.57 Å². The zero-order valence-corrected chi connectivity index (χ0v) is 9.34. The summed E-state index contributed by atoms with van der Waals surface area (Å²) in [7, 11) is 1.81. The lowest BCUT2D eigenvalue weighted by atomic mass is 10.2. The number of hydrogen-bond donors (Lipinski definition) is 1. The maximum atomic E-state index is 5.56. The Hall–Kier alpha value is -2.04. The molecular weight excluding hydrogens is 204 g/mol. The Labute approximate surface area is 93.9 Å². The van der Waals surface area contributed by atoms with Crippen molar-refractivity contribution < 1.29 is 4.74 Å². The zero-order valence-electron chi connectivity index (χ0n) is 9.34. The fourth-order valence-electron chi connectivity index (χ4n) is 1.28. The summed E-state index contributed by atoms with van der Waals surface area (Å²) in [5, 5.41) is 7.66. The average Bonchev–Trinajstić information content (AvgIpc) is 2.60. The minimum absolute atomic E-state index is 0.365. The second-order valence-corrected chi connectivity index (χ2v) is 3.64. The molecule has 0 saturated carbocycles. The Bertz CT molecular complexity index is 475. The van der Waals surface area contributed by atoms with Crippen molar-refractivity contribution in [1.29, 1.82) is 0 Å². The lowest BCUT2D eigenvalue weighted by Gasteiger charge is -2.05. The van der Waals surface area contributed by atoms with Gasteiger partial charge in [-0.15, -0.1) is 10.2 Å². The van der Waals surface area contributed by atoms with Gasteiger partial charge < -0.3 is 10.5 Å². The highest BCUT2D eigenvalue weighted by molar-refractivity contribution is 5.26. The van der Waals surface area contributed by atoms with Crippen molar-refractivity contribution in [3.8, 4) is 5.75 Å². The summed E-state index contributed by atoms with van der Waals surface area (Å²) in [5.74, 6) is 1.91. The van der Waals surface area contributed by atoms with E-state index < -0.39 is 0 Å². The maximum absolute atomic E-state index is 5.56. The van der Waals surface area contributed by atoms with Gasteiger partial charge in [0.15, 0.2) is 5.82 Å². The molecule has 0 atom stereocenters. The van der Waals surface area contributed by atoms with Gasteiger partial charge in [-0.25, -0.2) is 0 Å². The number of nitrogen functional groups attached to an aromatic ring is 1. The standard InChI is InChI=1S/C11H14N4O/c1-8-3-5-9(6-4-8)16-7-10-13-14-11(12)15(10)2/h3-6H,7H2,1-2H3,(H2,12,14). The molecule has 0 saturated heterocycles. The summed E-state index contributed by atoms with van der Waals surface area (Å²) in [6, 6.07) is 7.85. The lowest BCUT2D eigenvalue weighted by molar-refractivity contribution is 0.291. The highest BCUT2D eigenvalue weighted by atomic mass is 16.5. The van der Waals surface area contributed by atoms with Crippen molar-refractivity contribution in [2.75, 3.05) is 5.73 Å². The molecule has 0 fully saturated rings. The molecule has 2 rings (SSSR count). The van der Waals surface area contributed by atoms with E-state index in [4.69, 9.17) is 10.5 Å². The fraction of sp³-hybridized carbons (Fsp3) is 0.273. The first-order chi connectivity index (χ1) is 7.66. The van der Waals surface area contributed by atoms with Crippen LogP contribution in [-0.4, -0.2) is 14.8 Å². The Morgan fingerprint density at radius 2 is 1.94 bits per heavy atom. The minimum atomic E-state index is 0.365. The Kier molecular flexibility index (Phi) is 2.76. The molecule has 0 radical (unpaired) electrons. The van der Waals surface area contributed by atoms with E-state index in [9.17, 15) is 0 Å². The predicted molar refractivity (Wildman–Crippen MR) is 60.9 cm³/mol. The smallest absolute Gasteiger partial charge is 0.221 e. The molecule has 1 heterocycles. The molecule has 1 aromatic carbocycles. The van der Waals surface area contributed by atoms with Crippen molar-refractivity contribution in [2.45, 2.75) is 13.5 Å². The number of aromatic nitrogens is 3. The van der Waals surface area contributed by atoms with Crippen LogP contribution in [0.25, 0.3) is 0 Å². The van der Waals surface area contributed by atoms with Crippen molar-refractivity contribution in [3.05, 3.63) is 35.7 Å². The second-order valence-electron chi connectivity index (χ2n) is 3.64. The molecule has 0 aliphatic carbocycles. The van der Waals surface area contributed by atoms with E-state index in [2.05, 4.69) is 10.2 Å². The molecule has 5 nitrogen and oxygen atoms in total. The van der Waals surface area contributed by atoms with Crippen molar-refractivity contribution >= 4 is 5.95 Å². The number of rotatable bonds is 3. The predicted octanol–water partition coefficient (Wildman–Crippen LogP) is 1.28. The molecule has 0 amide bonds. The van der Waals surface area contributed by atoms with Crippen LogP contribution < -0.4 is 10.5 Å². The topological polar surface area (TPSA) is 66.0 Å². The van der Waals surface area contributed by atoms with E-state index in [1.807, 2.05) is 38.2 Å². The van der Waals surface area contributed by atoms with Crippen LogP contribution >= 0.6 is 0 Å². The second kappa shape index (κ2) is 4.22. The van der Waals surface area contributed by atoms with Gasteiger partial charge in [-0.3, -0.25) is 4.57 Å². The summed E-state index contributed by atoms with van der Waals surface area (Å²) < 4.78 is 7.26. The number of hydrogen-bond acceptors (Lipinski definition) is 4. The molecular formula is C11H14N4O. The third kappa shape index (κ3) is 2.13. The number of benzene rings is 1. The van der Waals surface area contributed by atoms with E-state index in [0.717, 1.165) is 5.75 Å². The molecule has 84 valence electrons. The zero-order chi connectivity index (χ0) is 11.5. The summed E-state index contributed by atoms with van der Waals surface area (Å²) in [4.78, 5) is 0. The van der Waals surface area contributed by atoms with Crippen LogP contribution in [0.1, 0.15) is 11.4 Å². The van der Waals surface area contributed by atoms with E-state index in [1.165, 1.54) is 5.56 Å². The van der Waals surface area contributed by atoms with Gasteiger partial charge in [0, 0.05) is 7.05 Å². The first-order valence-electron chi connectivity index (χ1n) is 5.00. The minimum Gasteiger partial charge on any atom is -0.486 e. The molecule has 0 aliphatic heterocycles. The van der Waals surface area contributed by atoms with Gasteiger partial charge in [0.1, 0.15) is 12.4 Å². The Morgan fingerprint density at radius 3 is 2.50 bits per heavy atom. The molecule has 0 aliphatic rings. The van der Waals surface area contributed by atoms with Crippen LogP contribution in [0.5, 0.6) is 5.75 Å². The summed E-state index contributed by atoms with van der Waals surface area (Å²) in [5.41, 5.74) is 6.77. The summed E-state index contributed by atoms with van der Waals surface area (Å²) in [6.07, 6.45) is 0. The fourth-order valence-corrected chi connectivity index (χ4v) is 1.28. The van der Waals surface area contributed by atoms with Crippen LogP contribution in [0, 0.1) is 6.92 Å². The Morgan fingerprint density at radius 1 is 1.25 bits per heavy atom. The van der Waals surface area contributed by atoms with Crippen LogP contribution in [0.2, 0.25) is 0 Å².